The number of Topliss-reactive ketones (excluding diaryl/α,β-unsaturated/α-hetero) is 1. The van der Waals surface area contributed by atoms with Crippen LogP contribution in [0.5, 0.6) is 5.75 Å². The summed E-state index contributed by atoms with van der Waals surface area (Å²) in [5.74, 6) is 0.325. The molecule has 9 heteroatoms. The molecule has 1 aliphatic heterocycles. The molecule has 2 aromatic carbocycles. The second-order valence-corrected chi connectivity index (χ2v) is 9.56. The van der Waals surface area contributed by atoms with Gasteiger partial charge in [0, 0.05) is 36.0 Å². The average molecular weight is 527 g/mol. The quantitative estimate of drug-likeness (QED) is 0.349. The number of nitrogens with zero attached hydrogens (tertiary/aromatic N) is 2. The summed E-state index contributed by atoms with van der Waals surface area (Å²) in [6.45, 7) is 5.51. The van der Waals surface area contributed by atoms with Crippen molar-refractivity contribution < 1.29 is 28.6 Å². The van der Waals surface area contributed by atoms with E-state index in [1.54, 1.807) is 18.9 Å². The van der Waals surface area contributed by atoms with E-state index in [0.717, 1.165) is 16.7 Å². The average Bonchev–Trinajstić information content (AvgIpc) is 3.18. The Morgan fingerprint density at radius 3 is 2.49 bits per heavy atom. The third kappa shape index (κ3) is 5.97. The van der Waals surface area contributed by atoms with E-state index in [1.807, 2.05) is 43.3 Å². The Balaban J connectivity index is 1.75. The van der Waals surface area contributed by atoms with Gasteiger partial charge in [-0.3, -0.25) is 4.79 Å². The number of amides is 1. The first kappa shape index (κ1) is 26.7. The molecule has 0 N–H and O–H groups in total. The minimum Gasteiger partial charge on any atom is -0.496 e. The lowest BCUT2D eigenvalue weighted by Crippen LogP contribution is -2.40. The van der Waals surface area contributed by atoms with Crippen LogP contribution >= 0.6 is 11.6 Å². The molecule has 1 heterocycles. The van der Waals surface area contributed by atoms with Crippen LogP contribution in [-0.4, -0.2) is 63.0 Å². The zero-order chi connectivity index (χ0) is 26.5. The minimum absolute atomic E-state index is 0.115. The van der Waals surface area contributed by atoms with Crippen molar-refractivity contribution in [3.63, 3.8) is 0 Å². The summed E-state index contributed by atoms with van der Waals surface area (Å²) >= 11 is 6.06. The van der Waals surface area contributed by atoms with Crippen molar-refractivity contribution in [3.8, 4) is 16.9 Å². The van der Waals surface area contributed by atoms with Crippen LogP contribution in [0.2, 0.25) is 5.02 Å². The highest BCUT2D eigenvalue weighted by atomic mass is 35.5. The Morgan fingerprint density at radius 1 is 1.14 bits per heavy atom. The van der Waals surface area contributed by atoms with Gasteiger partial charge in [0.15, 0.2) is 5.78 Å². The first-order chi connectivity index (χ1) is 17.8. The van der Waals surface area contributed by atoms with E-state index >= 15 is 0 Å². The van der Waals surface area contributed by atoms with Crippen molar-refractivity contribution in [1.29, 1.82) is 0 Å². The number of oxime groups is 1. The van der Waals surface area contributed by atoms with Gasteiger partial charge in [-0.2, -0.15) is 0 Å². The Kier molecular flexibility index (Phi) is 8.51. The summed E-state index contributed by atoms with van der Waals surface area (Å²) in [5, 5.41) is 4.61. The fourth-order valence-corrected chi connectivity index (χ4v) is 4.92. The molecule has 4 rings (SSSR count). The molecule has 1 fully saturated rings. The van der Waals surface area contributed by atoms with Crippen molar-refractivity contribution in [3.05, 3.63) is 58.3 Å². The highest BCUT2D eigenvalue weighted by Gasteiger charge is 2.39. The number of benzene rings is 2. The summed E-state index contributed by atoms with van der Waals surface area (Å²) in [4.78, 5) is 33.2. The lowest BCUT2D eigenvalue weighted by molar-refractivity contribution is -0.116. The first-order valence-electron chi connectivity index (χ1n) is 12.2. The molecule has 8 nitrogen and oxygen atoms in total. The highest BCUT2D eigenvalue weighted by Crippen LogP contribution is 2.44. The molecule has 196 valence electrons. The number of hydrogen-bond acceptors (Lipinski definition) is 7. The minimum atomic E-state index is -0.485. The number of carbonyl (C=O) groups excluding carboxylic acids is 2. The van der Waals surface area contributed by atoms with Gasteiger partial charge in [0.1, 0.15) is 18.6 Å². The number of rotatable bonds is 7. The molecule has 1 unspecified atom stereocenters. The zero-order valence-electron chi connectivity index (χ0n) is 21.5. The number of ketones is 1. The molecule has 1 saturated heterocycles. The van der Waals surface area contributed by atoms with Crippen LogP contribution in [0.3, 0.4) is 0 Å². The molecular formula is C28H31ClN2O6. The summed E-state index contributed by atoms with van der Waals surface area (Å²) in [6, 6.07) is 11.4. The van der Waals surface area contributed by atoms with Gasteiger partial charge in [0.25, 0.3) is 0 Å². The monoisotopic (exact) mass is 526 g/mol. The number of halogens is 1. The summed E-state index contributed by atoms with van der Waals surface area (Å²) in [6.07, 6.45) is 0.183. The van der Waals surface area contributed by atoms with Gasteiger partial charge >= 0.3 is 6.09 Å². The fraction of sp³-hybridized carbons (Fsp3) is 0.393. The Bertz CT molecular complexity index is 1230. The van der Waals surface area contributed by atoms with Gasteiger partial charge < -0.3 is 23.9 Å². The maximum atomic E-state index is 13.8. The van der Waals surface area contributed by atoms with Crippen LogP contribution in [-0.2, 0) is 19.1 Å². The normalized spacial score (nSPS) is 18.3. The van der Waals surface area contributed by atoms with Crippen LogP contribution < -0.4 is 4.74 Å². The van der Waals surface area contributed by atoms with E-state index in [1.165, 1.54) is 7.11 Å². The number of aryl methyl sites for hydroxylation is 1. The SMILES string of the molecule is CO/N=C(\C)CC1CC(OC(=O)N2CCOCC2)=C(c2c(C)cc(-c3ccc(Cl)cc3)cc2OC)C1=O. The maximum Gasteiger partial charge on any atom is 0.415 e. The number of morpholine rings is 1. The van der Waals surface area contributed by atoms with E-state index in [0.29, 0.717) is 66.1 Å². The molecule has 0 aromatic heterocycles. The molecule has 0 radical (unpaired) electrons. The molecule has 1 atom stereocenters. The van der Waals surface area contributed by atoms with E-state index < -0.39 is 12.0 Å². The Hall–Kier alpha value is -3.36. The predicted octanol–water partition coefficient (Wildman–Crippen LogP) is 5.51. The van der Waals surface area contributed by atoms with Gasteiger partial charge in [-0.1, -0.05) is 35.0 Å². The third-order valence-corrected chi connectivity index (χ3v) is 6.80. The van der Waals surface area contributed by atoms with E-state index in [-0.39, 0.29) is 12.2 Å². The smallest absolute Gasteiger partial charge is 0.415 e. The van der Waals surface area contributed by atoms with Crippen LogP contribution in [0, 0.1) is 12.8 Å². The summed E-state index contributed by atoms with van der Waals surface area (Å²) in [7, 11) is 3.03. The maximum absolute atomic E-state index is 13.8. The van der Waals surface area contributed by atoms with Crippen molar-refractivity contribution in [2.75, 3.05) is 40.5 Å². The number of allylic oxidation sites excluding steroid dienone is 2. The van der Waals surface area contributed by atoms with Crippen LogP contribution in [0.1, 0.15) is 30.9 Å². The molecule has 0 bridgehead atoms. The lowest BCUT2D eigenvalue weighted by Gasteiger charge is -2.26. The van der Waals surface area contributed by atoms with Gasteiger partial charge in [-0.25, -0.2) is 4.79 Å². The molecule has 2 aliphatic rings. The third-order valence-electron chi connectivity index (χ3n) is 6.54. The van der Waals surface area contributed by atoms with Crippen LogP contribution in [0.4, 0.5) is 4.79 Å². The van der Waals surface area contributed by atoms with Gasteiger partial charge in [-0.05, 0) is 55.2 Å². The summed E-state index contributed by atoms with van der Waals surface area (Å²) < 4.78 is 17.0. The van der Waals surface area contributed by atoms with Crippen molar-refractivity contribution >= 4 is 34.8 Å². The van der Waals surface area contributed by atoms with Gasteiger partial charge in [0.2, 0.25) is 0 Å². The standard InChI is InChI=1S/C28H31ClN2O6/c1-17-13-20(19-5-7-22(29)8-6-19)15-23(34-3)25(17)26-24(37-28(33)31-9-11-36-12-10-31)16-21(27(26)32)14-18(2)30-35-4/h5-8,13,15,21H,9-12,14,16H2,1-4H3/b30-18+. The van der Waals surface area contributed by atoms with Gasteiger partial charge in [0.05, 0.1) is 31.6 Å². The van der Waals surface area contributed by atoms with E-state index in [9.17, 15) is 9.59 Å². The molecular weight excluding hydrogens is 496 g/mol. The second-order valence-electron chi connectivity index (χ2n) is 9.12. The molecule has 37 heavy (non-hydrogen) atoms. The van der Waals surface area contributed by atoms with E-state index in [2.05, 4.69) is 5.16 Å². The molecule has 2 aromatic rings. The van der Waals surface area contributed by atoms with Crippen molar-refractivity contribution in [1.82, 2.24) is 4.90 Å². The lowest BCUT2D eigenvalue weighted by atomic mass is 9.90. The molecule has 0 spiro atoms. The van der Waals surface area contributed by atoms with Crippen LogP contribution in [0.25, 0.3) is 16.7 Å². The number of ether oxygens (including phenoxy) is 3. The molecule has 1 aliphatic carbocycles. The highest BCUT2D eigenvalue weighted by molar-refractivity contribution is 6.30. The van der Waals surface area contributed by atoms with Gasteiger partial charge in [-0.15, -0.1) is 0 Å². The topological polar surface area (TPSA) is 86.7 Å². The fourth-order valence-electron chi connectivity index (χ4n) is 4.79. The number of hydrogen-bond donors (Lipinski definition) is 0. The van der Waals surface area contributed by atoms with E-state index in [4.69, 9.17) is 30.6 Å². The number of carbonyl (C=O) groups is 2. The molecule has 1 amide bonds. The molecule has 0 saturated carbocycles. The Morgan fingerprint density at radius 2 is 1.84 bits per heavy atom. The predicted molar refractivity (Wildman–Crippen MR) is 142 cm³/mol. The second kappa shape index (κ2) is 11.8. The van der Waals surface area contributed by atoms with Crippen LogP contribution in [0.15, 0.2) is 47.3 Å². The largest absolute Gasteiger partial charge is 0.496 e. The van der Waals surface area contributed by atoms with Crippen molar-refractivity contribution in [2.24, 2.45) is 11.1 Å². The number of methoxy groups -OCH3 is 1. The summed E-state index contributed by atoms with van der Waals surface area (Å²) in [5.41, 5.74) is 4.39. The Labute approximate surface area is 221 Å². The van der Waals surface area contributed by atoms with Crippen molar-refractivity contribution in [2.45, 2.75) is 26.7 Å². The zero-order valence-corrected chi connectivity index (χ0v) is 22.3. The first-order valence-corrected chi connectivity index (χ1v) is 12.5.